The summed E-state index contributed by atoms with van der Waals surface area (Å²) in [4.78, 5) is 37.7. The summed E-state index contributed by atoms with van der Waals surface area (Å²) in [6, 6.07) is 12.8. The SMILES string of the molecule is CCCC(CC1CC(=O)c2c(ccc(C=Cc3ccc(CC)cc3)c2C)C1)C(CC)C(=O)CC(C)=O. The van der Waals surface area contributed by atoms with E-state index in [1.165, 1.54) is 12.5 Å². The monoisotopic (exact) mass is 486 g/mol. The predicted molar refractivity (Wildman–Crippen MR) is 149 cm³/mol. The van der Waals surface area contributed by atoms with Crippen LogP contribution in [0.1, 0.15) is 104 Å². The van der Waals surface area contributed by atoms with Crippen LogP contribution in [0.5, 0.6) is 0 Å². The largest absolute Gasteiger partial charge is 0.300 e. The van der Waals surface area contributed by atoms with Gasteiger partial charge in [-0.15, -0.1) is 0 Å². The van der Waals surface area contributed by atoms with E-state index in [0.29, 0.717) is 6.42 Å². The number of benzene rings is 2. The smallest absolute Gasteiger partial charge is 0.163 e. The number of hydrogen-bond donors (Lipinski definition) is 0. The molecule has 0 heterocycles. The number of aryl methyl sites for hydroxylation is 1. The molecule has 2 aromatic rings. The Morgan fingerprint density at radius 2 is 1.72 bits per heavy atom. The van der Waals surface area contributed by atoms with Gasteiger partial charge in [-0.25, -0.2) is 0 Å². The Bertz CT molecular complexity index is 1110. The van der Waals surface area contributed by atoms with E-state index in [1.807, 2.05) is 6.92 Å². The molecule has 0 saturated carbocycles. The van der Waals surface area contributed by atoms with Crippen LogP contribution in [0.3, 0.4) is 0 Å². The van der Waals surface area contributed by atoms with Crippen LogP contribution >= 0.6 is 0 Å². The topological polar surface area (TPSA) is 51.2 Å². The van der Waals surface area contributed by atoms with E-state index in [1.54, 1.807) is 0 Å². The first kappa shape index (κ1) is 27.8. The number of rotatable bonds is 12. The fraction of sp³-hybridized carbons (Fsp3) is 0.485. The Balaban J connectivity index is 1.77. The lowest BCUT2D eigenvalue weighted by Crippen LogP contribution is -2.29. The Labute approximate surface area is 217 Å². The van der Waals surface area contributed by atoms with Gasteiger partial charge in [0.25, 0.3) is 0 Å². The lowest BCUT2D eigenvalue weighted by molar-refractivity contribution is -0.129. The number of hydrogen-bond acceptors (Lipinski definition) is 3. The van der Waals surface area contributed by atoms with Crippen molar-refractivity contribution in [3.05, 3.63) is 69.8 Å². The molecule has 0 amide bonds. The predicted octanol–water partition coefficient (Wildman–Crippen LogP) is 7.85. The number of carbonyl (C=O) groups is 3. The molecule has 0 fully saturated rings. The Morgan fingerprint density at radius 1 is 1.00 bits per heavy atom. The summed E-state index contributed by atoms with van der Waals surface area (Å²) < 4.78 is 0. The maximum Gasteiger partial charge on any atom is 0.163 e. The zero-order valence-corrected chi connectivity index (χ0v) is 22.7. The van der Waals surface area contributed by atoms with E-state index in [2.05, 4.69) is 69.3 Å². The first-order valence-corrected chi connectivity index (χ1v) is 13.7. The van der Waals surface area contributed by atoms with Gasteiger partial charge in [-0.3, -0.25) is 14.4 Å². The quantitative estimate of drug-likeness (QED) is 0.227. The summed E-state index contributed by atoms with van der Waals surface area (Å²) in [5, 5.41) is 0. The molecule has 1 aliphatic rings. The standard InChI is InChI=1S/C33H42O3/c1-6-9-28(30(8-3)31(35)18-22(4)34)19-26-20-29-17-16-27(23(5)33(29)32(36)21-26)15-14-25-12-10-24(7-2)11-13-25/h10-17,26,28,30H,6-9,18-21H2,1-5H3. The maximum absolute atomic E-state index is 13.3. The van der Waals surface area contributed by atoms with Gasteiger partial charge in [-0.2, -0.15) is 0 Å². The molecule has 3 nitrogen and oxygen atoms in total. The first-order chi connectivity index (χ1) is 17.3. The molecule has 0 aliphatic heterocycles. The molecule has 0 N–H and O–H groups in total. The van der Waals surface area contributed by atoms with Crippen molar-refractivity contribution in [2.75, 3.05) is 0 Å². The molecule has 36 heavy (non-hydrogen) atoms. The van der Waals surface area contributed by atoms with Gasteiger partial charge in [0.15, 0.2) is 5.78 Å². The van der Waals surface area contributed by atoms with Crippen molar-refractivity contribution in [1.82, 2.24) is 0 Å². The first-order valence-electron chi connectivity index (χ1n) is 13.7. The lowest BCUT2D eigenvalue weighted by Gasteiger charge is -2.32. The molecule has 3 heteroatoms. The van der Waals surface area contributed by atoms with Crippen molar-refractivity contribution in [3.8, 4) is 0 Å². The van der Waals surface area contributed by atoms with Crippen molar-refractivity contribution in [1.29, 1.82) is 0 Å². The lowest BCUT2D eigenvalue weighted by atomic mass is 9.72. The van der Waals surface area contributed by atoms with Gasteiger partial charge >= 0.3 is 0 Å². The van der Waals surface area contributed by atoms with Gasteiger partial charge in [-0.05, 0) is 79.2 Å². The zero-order chi connectivity index (χ0) is 26.2. The highest BCUT2D eigenvalue weighted by atomic mass is 16.1. The second-order valence-electron chi connectivity index (χ2n) is 10.6. The molecule has 0 spiro atoms. The van der Waals surface area contributed by atoms with Crippen molar-refractivity contribution in [2.45, 2.75) is 86.0 Å². The molecule has 3 atom stereocenters. The molecule has 2 aromatic carbocycles. The summed E-state index contributed by atoms with van der Waals surface area (Å²) in [6.45, 7) is 9.90. The minimum absolute atomic E-state index is 0.0311. The highest BCUT2D eigenvalue weighted by Crippen LogP contribution is 2.37. The van der Waals surface area contributed by atoms with Crippen LogP contribution in [0.2, 0.25) is 0 Å². The molecular weight excluding hydrogens is 444 g/mol. The Kier molecular flexibility index (Phi) is 9.98. The number of fused-ring (bicyclic) bond motifs is 1. The van der Waals surface area contributed by atoms with Crippen LogP contribution in [-0.2, 0) is 22.4 Å². The fourth-order valence-corrected chi connectivity index (χ4v) is 5.97. The summed E-state index contributed by atoms with van der Waals surface area (Å²) in [6.07, 6.45) is 10.3. The molecular formula is C33H42O3. The summed E-state index contributed by atoms with van der Waals surface area (Å²) in [7, 11) is 0. The molecule has 3 unspecified atom stereocenters. The number of Topliss-reactive ketones (excluding diaryl/α,β-unsaturated/α-hetero) is 3. The number of ketones is 3. The van der Waals surface area contributed by atoms with E-state index < -0.39 is 0 Å². The van der Waals surface area contributed by atoms with Crippen molar-refractivity contribution >= 4 is 29.5 Å². The molecule has 1 aliphatic carbocycles. The summed E-state index contributed by atoms with van der Waals surface area (Å²) in [5.74, 6) is 0.620. The van der Waals surface area contributed by atoms with Crippen molar-refractivity contribution in [2.24, 2.45) is 17.8 Å². The van der Waals surface area contributed by atoms with E-state index in [-0.39, 0.29) is 41.5 Å². The van der Waals surface area contributed by atoms with Gasteiger partial charge in [0.1, 0.15) is 11.6 Å². The van der Waals surface area contributed by atoms with E-state index >= 15 is 0 Å². The molecule has 0 aromatic heterocycles. The summed E-state index contributed by atoms with van der Waals surface area (Å²) >= 11 is 0. The normalized spacial score (nSPS) is 17.1. The van der Waals surface area contributed by atoms with Gasteiger partial charge in [-0.1, -0.05) is 82.2 Å². The summed E-state index contributed by atoms with van der Waals surface area (Å²) in [5.41, 5.74) is 6.66. The molecule has 0 saturated heterocycles. The van der Waals surface area contributed by atoms with Gasteiger partial charge < -0.3 is 0 Å². The minimum Gasteiger partial charge on any atom is -0.300 e. The van der Waals surface area contributed by atoms with E-state index in [9.17, 15) is 14.4 Å². The second-order valence-corrected chi connectivity index (χ2v) is 10.6. The average Bonchev–Trinajstić information content (AvgIpc) is 2.84. The van der Waals surface area contributed by atoms with Gasteiger partial charge in [0.05, 0.1) is 6.42 Å². The highest BCUT2D eigenvalue weighted by Gasteiger charge is 2.33. The van der Waals surface area contributed by atoms with Crippen LogP contribution in [0.25, 0.3) is 12.2 Å². The Hall–Kier alpha value is -2.81. The van der Waals surface area contributed by atoms with E-state index in [4.69, 9.17) is 0 Å². The number of carbonyl (C=O) groups excluding carboxylic acids is 3. The van der Waals surface area contributed by atoms with Gasteiger partial charge in [0, 0.05) is 17.9 Å². The second kappa shape index (κ2) is 12.9. The van der Waals surface area contributed by atoms with Crippen LogP contribution in [0.15, 0.2) is 36.4 Å². The zero-order valence-electron chi connectivity index (χ0n) is 22.7. The van der Waals surface area contributed by atoms with Crippen molar-refractivity contribution < 1.29 is 14.4 Å². The third-order valence-corrected chi connectivity index (χ3v) is 7.84. The Morgan fingerprint density at radius 3 is 2.33 bits per heavy atom. The van der Waals surface area contributed by atoms with Crippen molar-refractivity contribution in [3.63, 3.8) is 0 Å². The maximum atomic E-state index is 13.3. The van der Waals surface area contributed by atoms with Gasteiger partial charge in [0.2, 0.25) is 0 Å². The fourth-order valence-electron chi connectivity index (χ4n) is 5.97. The van der Waals surface area contributed by atoms with Crippen LogP contribution in [0, 0.1) is 24.7 Å². The third-order valence-electron chi connectivity index (χ3n) is 7.84. The molecule has 0 bridgehead atoms. The molecule has 3 rings (SSSR count). The van der Waals surface area contributed by atoms with Crippen LogP contribution in [0.4, 0.5) is 0 Å². The minimum atomic E-state index is -0.0917. The van der Waals surface area contributed by atoms with Crippen LogP contribution in [-0.4, -0.2) is 17.3 Å². The highest BCUT2D eigenvalue weighted by molar-refractivity contribution is 6.01. The third kappa shape index (κ3) is 6.90. The molecule has 192 valence electrons. The van der Waals surface area contributed by atoms with Crippen LogP contribution < -0.4 is 0 Å². The average molecular weight is 487 g/mol. The van der Waals surface area contributed by atoms with E-state index in [0.717, 1.165) is 66.3 Å². The molecule has 0 radical (unpaired) electrons.